The number of carbonyl (C=O) groups is 2. The van der Waals surface area contributed by atoms with Gasteiger partial charge in [0.25, 0.3) is 5.91 Å². The average molecular weight is 558 g/mol. The van der Waals surface area contributed by atoms with Crippen LogP contribution >= 0.6 is 39.1 Å². The van der Waals surface area contributed by atoms with Crippen LogP contribution in [0.3, 0.4) is 0 Å². The van der Waals surface area contributed by atoms with Gasteiger partial charge in [-0.05, 0) is 77.5 Å². The third-order valence-corrected chi connectivity index (χ3v) is 6.84. The summed E-state index contributed by atoms with van der Waals surface area (Å²) in [5.74, 6) is 0.0968. The quantitative estimate of drug-likeness (QED) is 0.347. The highest BCUT2D eigenvalue weighted by molar-refractivity contribution is 9.10. The Balaban J connectivity index is 2.26. The van der Waals surface area contributed by atoms with Crippen LogP contribution in [0.5, 0.6) is 5.75 Å². The average Bonchev–Trinajstić information content (AvgIpc) is 2.79. The summed E-state index contributed by atoms with van der Waals surface area (Å²) in [7, 11) is 0. The largest absolute Gasteiger partial charge is 0.483 e. The summed E-state index contributed by atoms with van der Waals surface area (Å²) in [6, 6.07) is 10.3. The summed E-state index contributed by atoms with van der Waals surface area (Å²) < 4.78 is 6.60. The molecule has 8 heteroatoms. The van der Waals surface area contributed by atoms with Crippen molar-refractivity contribution in [2.45, 2.75) is 65.6 Å². The van der Waals surface area contributed by atoms with Crippen LogP contribution in [0.4, 0.5) is 0 Å². The van der Waals surface area contributed by atoms with Gasteiger partial charge >= 0.3 is 0 Å². The summed E-state index contributed by atoms with van der Waals surface area (Å²) in [6.45, 7) is 7.91. The minimum atomic E-state index is -0.643. The zero-order valence-electron chi connectivity index (χ0n) is 19.5. The predicted molar refractivity (Wildman–Crippen MR) is 138 cm³/mol. The first kappa shape index (κ1) is 27.5. The maximum atomic E-state index is 13.3. The summed E-state index contributed by atoms with van der Waals surface area (Å²) in [6.07, 6.45) is 2.16. The Kier molecular flexibility index (Phi) is 11.0. The van der Waals surface area contributed by atoms with E-state index in [1.165, 1.54) is 0 Å². The van der Waals surface area contributed by atoms with Gasteiger partial charge in [-0.1, -0.05) is 56.1 Å². The second kappa shape index (κ2) is 13.2. The van der Waals surface area contributed by atoms with E-state index in [1.54, 1.807) is 23.1 Å². The number of halogens is 3. The van der Waals surface area contributed by atoms with Gasteiger partial charge in [-0.3, -0.25) is 9.59 Å². The second-order valence-electron chi connectivity index (χ2n) is 7.92. The minimum Gasteiger partial charge on any atom is -0.483 e. The molecule has 0 saturated heterocycles. The van der Waals surface area contributed by atoms with Crippen molar-refractivity contribution in [2.24, 2.45) is 0 Å². The molecule has 0 aliphatic carbocycles. The van der Waals surface area contributed by atoms with E-state index in [2.05, 4.69) is 28.2 Å². The Morgan fingerprint density at radius 2 is 1.73 bits per heavy atom. The van der Waals surface area contributed by atoms with Crippen LogP contribution in [-0.4, -0.2) is 35.4 Å². The fourth-order valence-electron chi connectivity index (χ4n) is 3.30. The highest BCUT2D eigenvalue weighted by atomic mass is 79.9. The van der Waals surface area contributed by atoms with Crippen molar-refractivity contribution in [1.29, 1.82) is 0 Å². The van der Waals surface area contributed by atoms with Gasteiger partial charge in [0.1, 0.15) is 11.8 Å². The van der Waals surface area contributed by atoms with Crippen molar-refractivity contribution in [3.05, 3.63) is 62.0 Å². The molecule has 0 fully saturated rings. The smallest absolute Gasteiger partial charge is 0.261 e. The molecule has 2 amide bonds. The molecule has 0 bridgehead atoms. The molecule has 0 aliphatic heterocycles. The van der Waals surface area contributed by atoms with Gasteiger partial charge in [-0.25, -0.2) is 0 Å². The topological polar surface area (TPSA) is 58.6 Å². The van der Waals surface area contributed by atoms with E-state index in [0.717, 1.165) is 28.4 Å². The number of aryl methyl sites for hydroxylation is 1. The molecule has 2 rings (SSSR count). The molecule has 0 unspecified atom stereocenters. The molecule has 2 aromatic rings. The molecule has 0 saturated carbocycles. The molecule has 2 aromatic carbocycles. The first-order valence-electron chi connectivity index (χ1n) is 11.1. The van der Waals surface area contributed by atoms with Crippen LogP contribution in [0.2, 0.25) is 10.0 Å². The van der Waals surface area contributed by atoms with Crippen LogP contribution in [0.15, 0.2) is 40.9 Å². The molecule has 5 nitrogen and oxygen atoms in total. The van der Waals surface area contributed by atoms with Crippen molar-refractivity contribution in [2.75, 3.05) is 6.61 Å². The van der Waals surface area contributed by atoms with E-state index in [9.17, 15) is 9.59 Å². The monoisotopic (exact) mass is 556 g/mol. The lowest BCUT2D eigenvalue weighted by molar-refractivity contribution is -0.143. The molecule has 0 heterocycles. The lowest BCUT2D eigenvalue weighted by atomic mass is 10.1. The van der Waals surface area contributed by atoms with Gasteiger partial charge in [0.2, 0.25) is 5.91 Å². The van der Waals surface area contributed by atoms with Crippen LogP contribution in [-0.2, 0) is 22.6 Å². The first-order valence-corrected chi connectivity index (χ1v) is 12.7. The summed E-state index contributed by atoms with van der Waals surface area (Å²) in [5, 5.41) is 3.82. The highest BCUT2D eigenvalue weighted by Crippen LogP contribution is 2.27. The van der Waals surface area contributed by atoms with Crippen molar-refractivity contribution < 1.29 is 14.3 Å². The molecular weight excluding hydrogens is 527 g/mol. The number of carbonyl (C=O) groups excluding carboxylic acids is 2. The molecule has 0 radical (unpaired) electrons. The van der Waals surface area contributed by atoms with E-state index in [-0.39, 0.29) is 31.0 Å². The molecule has 33 heavy (non-hydrogen) atoms. The standard InChI is InChI=1S/C25H31BrCl2N2O3/c1-5-16(4)29-25(32)22(7-3)30(14-18-8-10-20(27)21(28)13-18)24(31)15-33-23-11-9-17(6-2)12-19(23)26/h8-13,16,22H,5-7,14-15H2,1-4H3,(H,29,32)/t16-,22-/m0/s1. The van der Waals surface area contributed by atoms with Gasteiger partial charge in [0.15, 0.2) is 6.61 Å². The number of benzene rings is 2. The van der Waals surface area contributed by atoms with E-state index in [0.29, 0.717) is 22.2 Å². The fraction of sp³-hybridized carbons (Fsp3) is 0.440. The van der Waals surface area contributed by atoms with Gasteiger partial charge in [-0.15, -0.1) is 0 Å². The summed E-state index contributed by atoms with van der Waals surface area (Å²) in [4.78, 5) is 27.9. The molecule has 1 N–H and O–H groups in total. The number of hydrogen-bond donors (Lipinski definition) is 1. The molecule has 2 atom stereocenters. The van der Waals surface area contributed by atoms with Crippen LogP contribution in [0, 0.1) is 0 Å². The van der Waals surface area contributed by atoms with Crippen LogP contribution in [0.1, 0.15) is 51.7 Å². The van der Waals surface area contributed by atoms with E-state index in [1.807, 2.05) is 39.0 Å². The van der Waals surface area contributed by atoms with Gasteiger partial charge < -0.3 is 15.0 Å². The van der Waals surface area contributed by atoms with Crippen LogP contribution in [0.25, 0.3) is 0 Å². The number of ether oxygens (including phenoxy) is 1. The molecular formula is C25H31BrCl2N2O3. The Bertz CT molecular complexity index is 971. The Morgan fingerprint density at radius 3 is 2.30 bits per heavy atom. The van der Waals surface area contributed by atoms with E-state index in [4.69, 9.17) is 27.9 Å². The molecule has 180 valence electrons. The summed E-state index contributed by atoms with van der Waals surface area (Å²) >= 11 is 15.7. The zero-order chi connectivity index (χ0) is 24.5. The Morgan fingerprint density at radius 1 is 1.03 bits per heavy atom. The normalized spacial score (nSPS) is 12.7. The SMILES string of the molecule is CCc1ccc(OCC(=O)N(Cc2ccc(Cl)c(Cl)c2)[C@@H](CC)C(=O)N[C@@H](C)CC)c(Br)c1. The number of nitrogens with zero attached hydrogens (tertiary/aromatic N) is 1. The molecule has 0 aliphatic rings. The highest BCUT2D eigenvalue weighted by Gasteiger charge is 2.29. The number of nitrogens with one attached hydrogen (secondary N) is 1. The molecule has 0 spiro atoms. The van der Waals surface area contributed by atoms with Gasteiger partial charge in [0, 0.05) is 12.6 Å². The van der Waals surface area contributed by atoms with E-state index < -0.39 is 6.04 Å². The van der Waals surface area contributed by atoms with Gasteiger partial charge in [0.05, 0.1) is 14.5 Å². The second-order valence-corrected chi connectivity index (χ2v) is 9.59. The minimum absolute atomic E-state index is 0.0118. The molecule has 0 aromatic heterocycles. The van der Waals surface area contributed by atoms with Crippen molar-refractivity contribution in [1.82, 2.24) is 10.2 Å². The lowest BCUT2D eigenvalue weighted by Gasteiger charge is -2.31. The number of hydrogen-bond acceptors (Lipinski definition) is 3. The maximum Gasteiger partial charge on any atom is 0.261 e. The zero-order valence-corrected chi connectivity index (χ0v) is 22.6. The van der Waals surface area contributed by atoms with E-state index >= 15 is 0 Å². The van der Waals surface area contributed by atoms with Crippen LogP contribution < -0.4 is 10.1 Å². The fourth-order valence-corrected chi connectivity index (χ4v) is 4.16. The van der Waals surface area contributed by atoms with Gasteiger partial charge in [-0.2, -0.15) is 0 Å². The maximum absolute atomic E-state index is 13.3. The van der Waals surface area contributed by atoms with Crippen molar-refractivity contribution in [3.8, 4) is 5.75 Å². The van der Waals surface area contributed by atoms with Crippen molar-refractivity contribution >= 4 is 50.9 Å². The summed E-state index contributed by atoms with van der Waals surface area (Å²) in [5.41, 5.74) is 1.94. The third-order valence-electron chi connectivity index (χ3n) is 5.48. The number of rotatable bonds is 11. The predicted octanol–water partition coefficient (Wildman–Crippen LogP) is 6.42. The Hall–Kier alpha value is -1.76. The number of amides is 2. The Labute approximate surface area is 214 Å². The lowest BCUT2D eigenvalue weighted by Crippen LogP contribution is -2.51. The third kappa shape index (κ3) is 7.90. The first-order chi connectivity index (χ1) is 15.7. The van der Waals surface area contributed by atoms with Crippen molar-refractivity contribution in [3.63, 3.8) is 0 Å².